The van der Waals surface area contributed by atoms with Crippen molar-refractivity contribution >= 4 is 11.9 Å². The van der Waals surface area contributed by atoms with Gasteiger partial charge in [0.1, 0.15) is 0 Å². The number of rotatable bonds is 5. The summed E-state index contributed by atoms with van der Waals surface area (Å²) in [5.41, 5.74) is 1.10. The number of pyridine rings is 1. The lowest BCUT2D eigenvalue weighted by Gasteiger charge is -2.40. The van der Waals surface area contributed by atoms with Gasteiger partial charge in [-0.1, -0.05) is 36.4 Å². The number of likely N-dealkylation sites (tertiary alicyclic amines) is 1. The van der Waals surface area contributed by atoms with Crippen molar-refractivity contribution in [2.24, 2.45) is 5.92 Å². The summed E-state index contributed by atoms with van der Waals surface area (Å²) in [5, 5.41) is 5.35. The number of urea groups is 1. The van der Waals surface area contributed by atoms with Crippen LogP contribution in [-0.4, -0.2) is 41.5 Å². The van der Waals surface area contributed by atoms with Gasteiger partial charge < -0.3 is 10.2 Å². The van der Waals surface area contributed by atoms with Crippen LogP contribution in [-0.2, 0) is 16.8 Å². The monoisotopic (exact) mass is 364 g/mol. The highest BCUT2D eigenvalue weighted by Gasteiger charge is 2.53. The minimum absolute atomic E-state index is 0.0566. The maximum atomic E-state index is 12.8. The number of benzene rings is 1. The predicted molar refractivity (Wildman–Crippen MR) is 102 cm³/mol. The fraction of sp³-hybridized carbons (Fsp3) is 0.381. The molecule has 140 valence electrons. The number of amides is 3. The third-order valence-electron chi connectivity index (χ3n) is 5.77. The van der Waals surface area contributed by atoms with Gasteiger partial charge >= 0.3 is 6.03 Å². The first-order chi connectivity index (χ1) is 13.2. The molecule has 3 heterocycles. The molecule has 1 atom stereocenters. The molecule has 6 nitrogen and oxygen atoms in total. The Morgan fingerprint density at radius 3 is 2.48 bits per heavy atom. The molecule has 0 unspecified atom stereocenters. The zero-order chi connectivity index (χ0) is 18.7. The van der Waals surface area contributed by atoms with Crippen LogP contribution in [0.25, 0.3) is 0 Å². The van der Waals surface area contributed by atoms with E-state index in [4.69, 9.17) is 0 Å². The highest BCUT2D eigenvalue weighted by molar-refractivity contribution is 6.07. The molecule has 2 aromatic rings. The molecule has 2 fully saturated rings. The molecule has 2 aliphatic heterocycles. The zero-order valence-corrected chi connectivity index (χ0v) is 15.2. The van der Waals surface area contributed by atoms with Crippen LogP contribution in [0, 0.1) is 5.92 Å². The fourth-order valence-corrected chi connectivity index (χ4v) is 4.31. The summed E-state index contributed by atoms with van der Waals surface area (Å²) in [6, 6.07) is 13.7. The van der Waals surface area contributed by atoms with E-state index in [0.29, 0.717) is 0 Å². The molecule has 4 rings (SSSR count). The predicted octanol–water partition coefficient (Wildman–Crippen LogP) is 2.07. The van der Waals surface area contributed by atoms with E-state index in [1.165, 1.54) is 5.56 Å². The van der Waals surface area contributed by atoms with Gasteiger partial charge in [-0.15, -0.1) is 0 Å². The van der Waals surface area contributed by atoms with Gasteiger partial charge in [0.25, 0.3) is 5.91 Å². The molecular formula is C21H24N4O2. The Bertz CT molecular complexity index is 803. The van der Waals surface area contributed by atoms with E-state index >= 15 is 0 Å². The average Bonchev–Trinajstić information content (AvgIpc) is 3.03. The second-order valence-corrected chi connectivity index (χ2v) is 7.31. The molecule has 0 spiro atoms. The van der Waals surface area contributed by atoms with E-state index in [-0.39, 0.29) is 11.8 Å². The Hall–Kier alpha value is -2.73. The smallest absolute Gasteiger partial charge is 0.319 e. The SMILES string of the molecule is O=C1NC(=O)[C@](c2cccnc2)(C2CCN(CCc3ccccc3)CC2)N1. The summed E-state index contributed by atoms with van der Waals surface area (Å²) in [6.45, 7) is 2.85. The van der Waals surface area contributed by atoms with Crippen LogP contribution in [0.3, 0.4) is 0 Å². The highest BCUT2D eigenvalue weighted by atomic mass is 16.2. The Kier molecular flexibility index (Phi) is 4.90. The van der Waals surface area contributed by atoms with E-state index in [9.17, 15) is 9.59 Å². The standard InChI is InChI=1S/C21H24N4O2/c26-19-21(24-20(27)23-19,18-7-4-11-22-15-18)17-9-13-25(14-10-17)12-8-16-5-2-1-3-6-16/h1-7,11,15,17H,8-10,12-14H2,(H2,23,24,26,27)/t21-/m1/s1. The van der Waals surface area contributed by atoms with Crippen molar-refractivity contribution in [1.29, 1.82) is 0 Å². The third-order valence-corrected chi connectivity index (χ3v) is 5.77. The number of aromatic nitrogens is 1. The van der Waals surface area contributed by atoms with E-state index in [0.717, 1.165) is 44.5 Å². The van der Waals surface area contributed by atoms with Crippen molar-refractivity contribution in [2.75, 3.05) is 19.6 Å². The van der Waals surface area contributed by atoms with Crippen molar-refractivity contribution in [2.45, 2.75) is 24.8 Å². The first-order valence-electron chi connectivity index (χ1n) is 9.49. The first-order valence-corrected chi connectivity index (χ1v) is 9.49. The lowest BCUT2D eigenvalue weighted by Crippen LogP contribution is -2.53. The fourth-order valence-electron chi connectivity index (χ4n) is 4.31. The normalized spacial score (nSPS) is 23.9. The van der Waals surface area contributed by atoms with Crippen molar-refractivity contribution in [3.8, 4) is 0 Å². The molecule has 1 aromatic carbocycles. The summed E-state index contributed by atoms with van der Waals surface area (Å²) in [7, 11) is 0. The highest BCUT2D eigenvalue weighted by Crippen LogP contribution is 2.38. The molecule has 6 heteroatoms. The minimum atomic E-state index is -1.00. The Morgan fingerprint density at radius 1 is 1.07 bits per heavy atom. The second-order valence-electron chi connectivity index (χ2n) is 7.31. The number of imide groups is 1. The Morgan fingerprint density at radius 2 is 1.85 bits per heavy atom. The van der Waals surface area contributed by atoms with Gasteiger partial charge in [0.05, 0.1) is 0 Å². The Labute approximate surface area is 159 Å². The zero-order valence-electron chi connectivity index (χ0n) is 15.2. The van der Waals surface area contributed by atoms with Crippen LogP contribution in [0.2, 0.25) is 0 Å². The summed E-state index contributed by atoms with van der Waals surface area (Å²) in [4.78, 5) is 31.3. The Balaban J connectivity index is 1.45. The molecule has 0 bridgehead atoms. The number of hydrogen-bond donors (Lipinski definition) is 2. The van der Waals surface area contributed by atoms with Crippen molar-refractivity contribution in [3.63, 3.8) is 0 Å². The number of piperidine rings is 1. The molecule has 27 heavy (non-hydrogen) atoms. The first kappa shape index (κ1) is 17.7. The average molecular weight is 364 g/mol. The third kappa shape index (κ3) is 3.45. The molecule has 1 aromatic heterocycles. The molecule has 2 saturated heterocycles. The van der Waals surface area contributed by atoms with Crippen LogP contribution >= 0.6 is 0 Å². The van der Waals surface area contributed by atoms with Gasteiger partial charge in [-0.25, -0.2) is 4.79 Å². The van der Waals surface area contributed by atoms with Crippen LogP contribution in [0.15, 0.2) is 54.9 Å². The van der Waals surface area contributed by atoms with E-state index in [1.807, 2.05) is 18.2 Å². The maximum Gasteiger partial charge on any atom is 0.322 e. The lowest BCUT2D eigenvalue weighted by molar-refractivity contribution is -0.127. The molecule has 3 amide bonds. The summed E-state index contributed by atoms with van der Waals surface area (Å²) in [6.07, 6.45) is 6.11. The van der Waals surface area contributed by atoms with E-state index in [1.54, 1.807) is 12.4 Å². The number of nitrogens with one attached hydrogen (secondary N) is 2. The lowest BCUT2D eigenvalue weighted by atomic mass is 9.73. The van der Waals surface area contributed by atoms with Gasteiger partial charge in [0.2, 0.25) is 0 Å². The van der Waals surface area contributed by atoms with Gasteiger partial charge in [-0.3, -0.25) is 15.1 Å². The minimum Gasteiger partial charge on any atom is -0.319 e. The summed E-state index contributed by atoms with van der Waals surface area (Å²) in [5.74, 6) is -0.204. The van der Waals surface area contributed by atoms with Gasteiger partial charge in [0.15, 0.2) is 5.54 Å². The van der Waals surface area contributed by atoms with E-state index in [2.05, 4.69) is 44.8 Å². The molecule has 2 N–H and O–H groups in total. The van der Waals surface area contributed by atoms with Crippen molar-refractivity contribution in [1.82, 2.24) is 20.5 Å². The summed E-state index contributed by atoms with van der Waals surface area (Å²) < 4.78 is 0. The largest absolute Gasteiger partial charge is 0.322 e. The van der Waals surface area contributed by atoms with Crippen LogP contribution in [0.5, 0.6) is 0 Å². The van der Waals surface area contributed by atoms with Gasteiger partial charge in [-0.2, -0.15) is 0 Å². The van der Waals surface area contributed by atoms with Crippen molar-refractivity contribution in [3.05, 3.63) is 66.0 Å². The topological polar surface area (TPSA) is 74.3 Å². The van der Waals surface area contributed by atoms with Gasteiger partial charge in [0, 0.05) is 24.5 Å². The quantitative estimate of drug-likeness (QED) is 0.797. The summed E-state index contributed by atoms with van der Waals surface area (Å²) >= 11 is 0. The van der Waals surface area contributed by atoms with Crippen LogP contribution < -0.4 is 10.6 Å². The number of hydrogen-bond acceptors (Lipinski definition) is 4. The molecule has 0 aliphatic carbocycles. The second kappa shape index (κ2) is 7.48. The van der Waals surface area contributed by atoms with Crippen LogP contribution in [0.4, 0.5) is 4.79 Å². The van der Waals surface area contributed by atoms with Crippen molar-refractivity contribution < 1.29 is 9.59 Å². The van der Waals surface area contributed by atoms with E-state index < -0.39 is 11.6 Å². The van der Waals surface area contributed by atoms with Crippen LogP contribution in [0.1, 0.15) is 24.0 Å². The number of carbonyl (C=O) groups excluding carboxylic acids is 2. The molecular weight excluding hydrogens is 340 g/mol. The van der Waals surface area contributed by atoms with Gasteiger partial charge in [-0.05, 0) is 49.9 Å². The molecule has 0 saturated carbocycles. The molecule has 2 aliphatic rings. The molecule has 0 radical (unpaired) electrons. The maximum absolute atomic E-state index is 12.8. The number of carbonyl (C=O) groups is 2. The number of nitrogens with zero attached hydrogens (tertiary/aromatic N) is 2.